The molecule has 0 unspecified atom stereocenters. The maximum Gasteiger partial charge on any atom is 0.241 e. The zero-order valence-electron chi connectivity index (χ0n) is 19.6. The summed E-state index contributed by atoms with van der Waals surface area (Å²) >= 11 is 0. The van der Waals surface area contributed by atoms with E-state index in [9.17, 15) is 13.2 Å². The first-order valence-electron chi connectivity index (χ1n) is 11.2. The molecule has 3 rings (SSSR count). The average molecular weight is 465 g/mol. The van der Waals surface area contributed by atoms with E-state index in [1.54, 1.807) is 0 Å². The molecule has 3 aromatic rings. The number of amides is 1. The van der Waals surface area contributed by atoms with Crippen LogP contribution in [-0.2, 0) is 14.8 Å². The van der Waals surface area contributed by atoms with Gasteiger partial charge in [0.1, 0.15) is 5.75 Å². The summed E-state index contributed by atoms with van der Waals surface area (Å²) in [5, 5.41) is 2.91. The maximum absolute atomic E-state index is 13.0. The molecule has 0 aromatic heterocycles. The second kappa shape index (κ2) is 10.7. The normalized spacial score (nSPS) is 11.7. The van der Waals surface area contributed by atoms with Crippen LogP contribution in [-0.4, -0.2) is 20.1 Å². The molecular formula is C27H32N2O3S. The van der Waals surface area contributed by atoms with Gasteiger partial charge in [-0.1, -0.05) is 107 Å². The molecule has 174 valence electrons. The quantitative estimate of drug-likeness (QED) is 0.434. The number of sulfonamides is 1. The molecule has 3 aromatic carbocycles. The van der Waals surface area contributed by atoms with E-state index in [4.69, 9.17) is 0 Å². The lowest BCUT2D eigenvalue weighted by molar-refractivity contribution is -0.119. The third kappa shape index (κ3) is 6.45. The number of para-hydroxylation sites is 1. The van der Waals surface area contributed by atoms with Crippen molar-refractivity contribution < 1.29 is 13.2 Å². The SMILES string of the molecule is CC(C)c1cccc(C(C)C)c1NS(=O)(=O)CC(=O)NC(c1ccccc1)c1ccccc1. The molecule has 0 heterocycles. The summed E-state index contributed by atoms with van der Waals surface area (Å²) < 4.78 is 28.8. The van der Waals surface area contributed by atoms with Crippen molar-refractivity contribution in [2.75, 3.05) is 10.5 Å². The molecule has 0 radical (unpaired) electrons. The highest BCUT2D eigenvalue weighted by Crippen LogP contribution is 2.33. The third-order valence-electron chi connectivity index (χ3n) is 5.52. The maximum atomic E-state index is 13.0. The van der Waals surface area contributed by atoms with Gasteiger partial charge in [-0.2, -0.15) is 0 Å². The molecule has 0 spiro atoms. The topological polar surface area (TPSA) is 75.3 Å². The Balaban J connectivity index is 1.84. The summed E-state index contributed by atoms with van der Waals surface area (Å²) in [6.45, 7) is 8.09. The molecule has 0 atom stereocenters. The first-order valence-corrected chi connectivity index (χ1v) is 12.9. The van der Waals surface area contributed by atoms with E-state index >= 15 is 0 Å². The minimum absolute atomic E-state index is 0.135. The summed E-state index contributed by atoms with van der Waals surface area (Å²) in [5.74, 6) is -0.951. The van der Waals surface area contributed by atoms with E-state index in [-0.39, 0.29) is 11.8 Å². The molecular weight excluding hydrogens is 432 g/mol. The van der Waals surface area contributed by atoms with Crippen LogP contribution in [0.5, 0.6) is 0 Å². The molecule has 0 fully saturated rings. The Kier molecular flexibility index (Phi) is 7.92. The Labute approximate surface area is 197 Å². The highest BCUT2D eigenvalue weighted by atomic mass is 32.2. The van der Waals surface area contributed by atoms with Gasteiger partial charge in [-0.25, -0.2) is 8.42 Å². The Morgan fingerprint density at radius 1 is 0.727 bits per heavy atom. The summed E-state index contributed by atoms with van der Waals surface area (Å²) in [5.41, 5.74) is 4.18. The van der Waals surface area contributed by atoms with Gasteiger partial charge in [0.05, 0.1) is 11.7 Å². The largest absolute Gasteiger partial charge is 0.344 e. The van der Waals surface area contributed by atoms with Crippen molar-refractivity contribution in [1.82, 2.24) is 5.32 Å². The van der Waals surface area contributed by atoms with Crippen LogP contribution in [0.3, 0.4) is 0 Å². The lowest BCUT2D eigenvalue weighted by Crippen LogP contribution is -2.36. The molecule has 2 N–H and O–H groups in total. The summed E-state index contributed by atoms with van der Waals surface area (Å²) in [7, 11) is -3.92. The van der Waals surface area contributed by atoms with Crippen LogP contribution < -0.4 is 10.0 Å². The number of carbonyl (C=O) groups is 1. The van der Waals surface area contributed by atoms with Crippen molar-refractivity contribution in [3.05, 3.63) is 101 Å². The average Bonchev–Trinajstić information content (AvgIpc) is 2.77. The van der Waals surface area contributed by atoms with Crippen LogP contribution >= 0.6 is 0 Å². The van der Waals surface area contributed by atoms with Crippen molar-refractivity contribution in [2.45, 2.75) is 45.6 Å². The summed E-state index contributed by atoms with van der Waals surface area (Å²) in [6.07, 6.45) is 0. The Morgan fingerprint density at radius 2 is 1.18 bits per heavy atom. The lowest BCUT2D eigenvalue weighted by atomic mass is 9.93. The van der Waals surface area contributed by atoms with Crippen LogP contribution in [0.25, 0.3) is 0 Å². The van der Waals surface area contributed by atoms with Gasteiger partial charge in [0.15, 0.2) is 0 Å². The fraction of sp³-hybridized carbons (Fsp3) is 0.296. The first-order chi connectivity index (χ1) is 15.7. The molecule has 0 bridgehead atoms. The lowest BCUT2D eigenvalue weighted by Gasteiger charge is -2.22. The summed E-state index contributed by atoms with van der Waals surface area (Å²) in [6, 6.07) is 24.4. The number of hydrogen-bond donors (Lipinski definition) is 2. The fourth-order valence-corrected chi connectivity index (χ4v) is 4.93. The van der Waals surface area contributed by atoms with Gasteiger partial charge in [0.2, 0.25) is 15.9 Å². The van der Waals surface area contributed by atoms with Gasteiger partial charge in [-0.3, -0.25) is 9.52 Å². The van der Waals surface area contributed by atoms with Gasteiger partial charge in [0, 0.05) is 0 Å². The molecule has 5 nitrogen and oxygen atoms in total. The van der Waals surface area contributed by atoms with Crippen LogP contribution in [0.4, 0.5) is 5.69 Å². The smallest absolute Gasteiger partial charge is 0.241 e. The highest BCUT2D eigenvalue weighted by molar-refractivity contribution is 7.93. The number of carbonyl (C=O) groups excluding carboxylic acids is 1. The Bertz CT molecular complexity index is 1110. The number of nitrogens with one attached hydrogen (secondary N) is 2. The number of anilines is 1. The van der Waals surface area contributed by atoms with Crippen molar-refractivity contribution in [2.24, 2.45) is 0 Å². The monoisotopic (exact) mass is 464 g/mol. The Morgan fingerprint density at radius 3 is 1.61 bits per heavy atom. The van der Waals surface area contributed by atoms with Gasteiger partial charge in [-0.15, -0.1) is 0 Å². The van der Waals surface area contributed by atoms with Crippen molar-refractivity contribution >= 4 is 21.6 Å². The third-order valence-corrected chi connectivity index (χ3v) is 6.68. The number of hydrogen-bond acceptors (Lipinski definition) is 3. The molecule has 0 aliphatic carbocycles. The van der Waals surface area contributed by atoms with Gasteiger partial charge >= 0.3 is 0 Å². The van der Waals surface area contributed by atoms with Gasteiger partial charge in [0.25, 0.3) is 0 Å². The second-order valence-electron chi connectivity index (χ2n) is 8.80. The predicted molar refractivity (Wildman–Crippen MR) is 135 cm³/mol. The van der Waals surface area contributed by atoms with E-state index < -0.39 is 27.7 Å². The standard InChI is InChI=1S/C27H32N2O3S/c1-19(2)23-16-11-17-24(20(3)4)27(23)29-33(31,32)18-25(30)28-26(21-12-7-5-8-13-21)22-14-9-6-10-15-22/h5-17,19-20,26,29H,18H2,1-4H3,(H,28,30). The molecule has 6 heteroatoms. The van der Waals surface area contributed by atoms with Crippen LogP contribution in [0, 0.1) is 0 Å². The minimum Gasteiger partial charge on any atom is -0.344 e. The van der Waals surface area contributed by atoms with Crippen LogP contribution in [0.1, 0.15) is 67.8 Å². The molecule has 0 aliphatic rings. The highest BCUT2D eigenvalue weighted by Gasteiger charge is 2.24. The van der Waals surface area contributed by atoms with E-state index in [1.165, 1.54) is 0 Å². The van der Waals surface area contributed by atoms with Crippen LogP contribution in [0.15, 0.2) is 78.9 Å². The van der Waals surface area contributed by atoms with Gasteiger partial charge < -0.3 is 5.32 Å². The zero-order valence-corrected chi connectivity index (χ0v) is 20.4. The second-order valence-corrected chi connectivity index (χ2v) is 10.5. The van der Waals surface area contributed by atoms with E-state index in [1.807, 2.05) is 107 Å². The predicted octanol–water partition coefficient (Wildman–Crippen LogP) is 5.58. The van der Waals surface area contributed by atoms with Crippen LogP contribution in [0.2, 0.25) is 0 Å². The van der Waals surface area contributed by atoms with Crippen molar-refractivity contribution in [3.8, 4) is 0 Å². The number of benzene rings is 3. The van der Waals surface area contributed by atoms with E-state index in [0.29, 0.717) is 5.69 Å². The molecule has 0 saturated heterocycles. The zero-order chi connectivity index (χ0) is 24.0. The van der Waals surface area contributed by atoms with E-state index in [0.717, 1.165) is 22.3 Å². The summed E-state index contributed by atoms with van der Waals surface area (Å²) in [4.78, 5) is 12.9. The molecule has 33 heavy (non-hydrogen) atoms. The van der Waals surface area contributed by atoms with Gasteiger partial charge in [-0.05, 0) is 34.1 Å². The van der Waals surface area contributed by atoms with Crippen molar-refractivity contribution in [3.63, 3.8) is 0 Å². The molecule has 1 amide bonds. The van der Waals surface area contributed by atoms with Crippen molar-refractivity contribution in [1.29, 1.82) is 0 Å². The van der Waals surface area contributed by atoms with E-state index in [2.05, 4.69) is 10.0 Å². The fourth-order valence-electron chi connectivity index (χ4n) is 3.89. The number of rotatable bonds is 9. The molecule has 0 saturated carbocycles. The Hall–Kier alpha value is -3.12. The molecule has 0 aliphatic heterocycles. The first kappa shape index (κ1) is 24.5. The minimum atomic E-state index is -3.92.